The molecule has 3 rings (SSSR count). The number of hydrogen-bond acceptors (Lipinski definition) is 5. The zero-order chi connectivity index (χ0) is 14.5. The zero-order valence-corrected chi connectivity index (χ0v) is 12.7. The molecule has 21 heavy (non-hydrogen) atoms. The molecule has 0 bridgehead atoms. The molecule has 0 spiro atoms. The number of nitrogens with one attached hydrogen (secondary N) is 1. The van der Waals surface area contributed by atoms with Gasteiger partial charge in [-0.25, -0.2) is 9.97 Å². The number of ether oxygens (including phenoxy) is 1. The minimum absolute atomic E-state index is 0.686. The number of rotatable bonds is 6. The molecule has 2 heterocycles. The van der Waals surface area contributed by atoms with Crippen LogP contribution >= 0.6 is 11.3 Å². The summed E-state index contributed by atoms with van der Waals surface area (Å²) in [4.78, 5) is 9.59. The molecule has 5 heteroatoms. The van der Waals surface area contributed by atoms with Gasteiger partial charge in [-0.05, 0) is 36.4 Å². The molecule has 0 atom stereocenters. The molecule has 0 saturated carbocycles. The van der Waals surface area contributed by atoms with Crippen LogP contribution in [0.3, 0.4) is 0 Å². The van der Waals surface area contributed by atoms with E-state index in [1.807, 2.05) is 30.5 Å². The van der Waals surface area contributed by atoms with Crippen LogP contribution in [-0.4, -0.2) is 23.1 Å². The summed E-state index contributed by atoms with van der Waals surface area (Å²) in [6.45, 7) is 3.50. The van der Waals surface area contributed by atoms with Crippen molar-refractivity contribution in [2.45, 2.75) is 13.3 Å². The number of benzene rings is 1. The Balaban J connectivity index is 1.68. The lowest BCUT2D eigenvalue weighted by molar-refractivity contribution is 0.336. The van der Waals surface area contributed by atoms with Gasteiger partial charge in [0.2, 0.25) is 0 Å². The monoisotopic (exact) mass is 299 g/mol. The van der Waals surface area contributed by atoms with E-state index >= 15 is 0 Å². The van der Waals surface area contributed by atoms with Crippen LogP contribution in [0.1, 0.15) is 12.5 Å². The van der Waals surface area contributed by atoms with Gasteiger partial charge in [-0.2, -0.15) is 0 Å². The Morgan fingerprint density at radius 3 is 3.00 bits per heavy atom. The summed E-state index contributed by atoms with van der Waals surface area (Å²) in [6, 6.07) is 10.2. The fourth-order valence-electron chi connectivity index (χ4n) is 2.25. The van der Waals surface area contributed by atoms with Crippen LogP contribution in [0, 0.1) is 0 Å². The summed E-state index contributed by atoms with van der Waals surface area (Å²) < 4.78 is 5.65. The highest BCUT2D eigenvalue weighted by Crippen LogP contribution is 2.24. The smallest absolute Gasteiger partial charge is 0.138 e. The molecular weight excluding hydrogens is 282 g/mol. The Kier molecular flexibility index (Phi) is 4.31. The molecule has 3 aromatic rings. The van der Waals surface area contributed by atoms with E-state index < -0.39 is 0 Å². The number of thiophene rings is 1. The zero-order valence-electron chi connectivity index (χ0n) is 11.9. The van der Waals surface area contributed by atoms with Crippen LogP contribution in [0.15, 0.2) is 42.0 Å². The van der Waals surface area contributed by atoms with E-state index in [1.54, 1.807) is 17.7 Å². The maximum absolute atomic E-state index is 5.65. The third kappa shape index (κ3) is 3.13. The maximum Gasteiger partial charge on any atom is 0.138 e. The van der Waals surface area contributed by atoms with Crippen molar-refractivity contribution >= 4 is 27.4 Å². The van der Waals surface area contributed by atoms with E-state index in [0.717, 1.165) is 34.7 Å². The minimum Gasteiger partial charge on any atom is -0.494 e. The Labute approximate surface area is 127 Å². The van der Waals surface area contributed by atoms with Gasteiger partial charge in [0.25, 0.3) is 0 Å². The molecule has 0 saturated heterocycles. The van der Waals surface area contributed by atoms with Crippen molar-refractivity contribution in [1.29, 1.82) is 0 Å². The molecule has 108 valence electrons. The van der Waals surface area contributed by atoms with Gasteiger partial charge in [-0.3, -0.25) is 0 Å². The first kappa shape index (κ1) is 13.8. The van der Waals surface area contributed by atoms with Crippen molar-refractivity contribution < 1.29 is 4.74 Å². The van der Waals surface area contributed by atoms with E-state index in [0.29, 0.717) is 6.61 Å². The normalized spacial score (nSPS) is 10.7. The molecular formula is C16H17N3OS. The SMILES string of the molecule is CCOc1ccccc1CCNc1ncnc2sccc12. The van der Waals surface area contributed by atoms with Gasteiger partial charge in [0.15, 0.2) is 0 Å². The average Bonchev–Trinajstić information content (AvgIpc) is 2.99. The molecule has 4 nitrogen and oxygen atoms in total. The standard InChI is InChI=1S/C16H17N3OS/c1-2-20-14-6-4-3-5-12(14)7-9-17-15-13-8-10-21-16(13)19-11-18-15/h3-6,8,10-11H,2,7,9H2,1H3,(H,17,18,19). The highest BCUT2D eigenvalue weighted by molar-refractivity contribution is 7.16. The summed E-state index contributed by atoms with van der Waals surface area (Å²) in [6.07, 6.45) is 2.50. The first-order valence-electron chi connectivity index (χ1n) is 7.01. The number of aromatic nitrogens is 2. The molecule has 0 aliphatic heterocycles. The number of para-hydroxylation sites is 1. The fourth-order valence-corrected chi connectivity index (χ4v) is 2.99. The molecule has 0 unspecified atom stereocenters. The summed E-state index contributed by atoms with van der Waals surface area (Å²) in [5.41, 5.74) is 1.21. The third-order valence-corrected chi connectivity index (χ3v) is 4.04. The predicted octanol–water partition coefficient (Wildman–Crippen LogP) is 3.74. The van der Waals surface area contributed by atoms with Crippen molar-refractivity contribution in [2.75, 3.05) is 18.5 Å². The molecule has 0 aliphatic rings. The van der Waals surface area contributed by atoms with E-state index in [-0.39, 0.29) is 0 Å². The van der Waals surface area contributed by atoms with Crippen molar-refractivity contribution in [3.8, 4) is 5.75 Å². The van der Waals surface area contributed by atoms with Gasteiger partial charge in [0.05, 0.1) is 12.0 Å². The van der Waals surface area contributed by atoms with Crippen LogP contribution in [-0.2, 0) is 6.42 Å². The number of nitrogens with zero attached hydrogens (tertiary/aromatic N) is 2. The highest BCUT2D eigenvalue weighted by atomic mass is 32.1. The lowest BCUT2D eigenvalue weighted by atomic mass is 10.1. The van der Waals surface area contributed by atoms with Crippen molar-refractivity contribution in [1.82, 2.24) is 9.97 Å². The van der Waals surface area contributed by atoms with Gasteiger partial charge in [-0.15, -0.1) is 11.3 Å². The van der Waals surface area contributed by atoms with Gasteiger partial charge in [-0.1, -0.05) is 18.2 Å². The van der Waals surface area contributed by atoms with Gasteiger partial charge in [0.1, 0.15) is 22.7 Å². The Morgan fingerprint density at radius 1 is 1.19 bits per heavy atom. The molecule has 0 fully saturated rings. The van der Waals surface area contributed by atoms with E-state index in [1.165, 1.54) is 5.56 Å². The quantitative estimate of drug-likeness (QED) is 0.753. The highest BCUT2D eigenvalue weighted by Gasteiger charge is 2.05. The summed E-state index contributed by atoms with van der Waals surface area (Å²) in [5, 5.41) is 6.51. The van der Waals surface area contributed by atoms with E-state index in [9.17, 15) is 0 Å². The van der Waals surface area contributed by atoms with Crippen molar-refractivity contribution in [2.24, 2.45) is 0 Å². The lowest BCUT2D eigenvalue weighted by Gasteiger charge is -2.11. The van der Waals surface area contributed by atoms with Gasteiger partial charge in [0, 0.05) is 6.54 Å². The lowest BCUT2D eigenvalue weighted by Crippen LogP contribution is -2.08. The van der Waals surface area contributed by atoms with Crippen LogP contribution in [0.4, 0.5) is 5.82 Å². The molecule has 1 aromatic carbocycles. The minimum atomic E-state index is 0.686. The van der Waals surface area contributed by atoms with Crippen LogP contribution in [0.2, 0.25) is 0 Å². The van der Waals surface area contributed by atoms with Gasteiger partial charge >= 0.3 is 0 Å². The second kappa shape index (κ2) is 6.54. The summed E-state index contributed by atoms with van der Waals surface area (Å²) >= 11 is 1.63. The third-order valence-electron chi connectivity index (χ3n) is 3.22. The Morgan fingerprint density at radius 2 is 2.10 bits per heavy atom. The largest absolute Gasteiger partial charge is 0.494 e. The predicted molar refractivity (Wildman–Crippen MR) is 87.2 cm³/mol. The topological polar surface area (TPSA) is 47.0 Å². The molecule has 1 N–H and O–H groups in total. The number of hydrogen-bond donors (Lipinski definition) is 1. The van der Waals surface area contributed by atoms with Crippen LogP contribution in [0.25, 0.3) is 10.2 Å². The second-order valence-corrected chi connectivity index (χ2v) is 5.47. The Bertz CT molecular complexity index is 726. The maximum atomic E-state index is 5.65. The summed E-state index contributed by atoms with van der Waals surface area (Å²) in [7, 11) is 0. The first-order valence-corrected chi connectivity index (χ1v) is 7.89. The number of fused-ring (bicyclic) bond motifs is 1. The Hall–Kier alpha value is -2.14. The molecule has 2 aromatic heterocycles. The molecule has 0 radical (unpaired) electrons. The fraction of sp³-hybridized carbons (Fsp3) is 0.250. The average molecular weight is 299 g/mol. The van der Waals surface area contributed by atoms with E-state index in [4.69, 9.17) is 4.74 Å². The van der Waals surface area contributed by atoms with E-state index in [2.05, 4.69) is 27.4 Å². The van der Waals surface area contributed by atoms with Crippen LogP contribution in [0.5, 0.6) is 5.75 Å². The van der Waals surface area contributed by atoms with Crippen LogP contribution < -0.4 is 10.1 Å². The van der Waals surface area contributed by atoms with Crippen molar-refractivity contribution in [3.05, 3.63) is 47.6 Å². The second-order valence-electron chi connectivity index (χ2n) is 4.58. The molecule has 0 amide bonds. The number of anilines is 1. The molecule has 0 aliphatic carbocycles. The summed E-state index contributed by atoms with van der Waals surface area (Å²) in [5.74, 6) is 1.86. The van der Waals surface area contributed by atoms with Crippen molar-refractivity contribution in [3.63, 3.8) is 0 Å². The van der Waals surface area contributed by atoms with Gasteiger partial charge < -0.3 is 10.1 Å². The first-order chi connectivity index (χ1) is 10.4.